The molecule has 0 radical (unpaired) electrons. The van der Waals surface area contributed by atoms with Crippen molar-refractivity contribution in [2.24, 2.45) is 5.92 Å². The molecule has 1 aromatic heterocycles. The molecule has 3 aliphatic rings. The molecule has 2 aromatic rings. The van der Waals surface area contributed by atoms with E-state index in [4.69, 9.17) is 4.74 Å². The van der Waals surface area contributed by atoms with Gasteiger partial charge in [0.25, 0.3) is 0 Å². The Bertz CT molecular complexity index is 935. The first-order valence-electron chi connectivity index (χ1n) is 9.98. The van der Waals surface area contributed by atoms with Crippen molar-refractivity contribution in [2.45, 2.75) is 36.3 Å². The highest BCUT2D eigenvalue weighted by molar-refractivity contribution is 8.22. The van der Waals surface area contributed by atoms with Crippen LogP contribution in [0.3, 0.4) is 0 Å². The second-order valence-corrected chi connectivity index (χ2v) is 10.6. The van der Waals surface area contributed by atoms with E-state index in [1.165, 1.54) is 10.9 Å². The molecule has 0 bridgehead atoms. The SMILES string of the molecule is CCOC(=O)C1([C@@H]2CC(=O)N3CCc4c([nH]c5ccccc45)[C@H]3C2)SCCS1. The van der Waals surface area contributed by atoms with E-state index in [-0.39, 0.29) is 23.8 Å². The summed E-state index contributed by atoms with van der Waals surface area (Å²) in [5.74, 6) is 1.87. The van der Waals surface area contributed by atoms with Crippen LogP contribution in [0.4, 0.5) is 0 Å². The van der Waals surface area contributed by atoms with Crippen molar-refractivity contribution in [2.75, 3.05) is 24.7 Å². The number of hydrogen-bond acceptors (Lipinski definition) is 5. The molecule has 1 N–H and O–H groups in total. The zero-order valence-electron chi connectivity index (χ0n) is 15.9. The average Bonchev–Trinajstić information content (AvgIpc) is 3.34. The predicted molar refractivity (Wildman–Crippen MR) is 113 cm³/mol. The molecule has 0 aliphatic carbocycles. The van der Waals surface area contributed by atoms with E-state index in [2.05, 4.69) is 23.2 Å². The van der Waals surface area contributed by atoms with Crippen LogP contribution in [-0.4, -0.2) is 50.5 Å². The van der Waals surface area contributed by atoms with Crippen LogP contribution in [0.1, 0.15) is 37.1 Å². The van der Waals surface area contributed by atoms with Gasteiger partial charge in [0.05, 0.1) is 12.6 Å². The Kier molecular flexibility index (Phi) is 4.62. The lowest BCUT2D eigenvalue weighted by Gasteiger charge is -2.45. The average molecular weight is 417 g/mol. The highest BCUT2D eigenvalue weighted by Gasteiger charge is 2.55. The molecule has 5 rings (SSSR count). The van der Waals surface area contributed by atoms with E-state index in [9.17, 15) is 9.59 Å². The van der Waals surface area contributed by atoms with Gasteiger partial charge in [0, 0.05) is 47.0 Å². The number of hydrogen-bond donors (Lipinski definition) is 1. The number of nitrogens with zero attached hydrogens (tertiary/aromatic N) is 1. The Hall–Kier alpha value is -1.60. The fourth-order valence-corrected chi connectivity index (χ4v) is 8.30. The van der Waals surface area contributed by atoms with Gasteiger partial charge in [0.15, 0.2) is 4.08 Å². The number of rotatable bonds is 3. The summed E-state index contributed by atoms with van der Waals surface area (Å²) >= 11 is 3.36. The molecule has 4 heterocycles. The molecule has 5 nitrogen and oxygen atoms in total. The van der Waals surface area contributed by atoms with E-state index in [0.717, 1.165) is 42.1 Å². The number of ether oxygens (including phenoxy) is 1. The molecular weight excluding hydrogens is 392 g/mol. The number of amides is 1. The van der Waals surface area contributed by atoms with Gasteiger partial charge in [-0.05, 0) is 31.4 Å². The minimum Gasteiger partial charge on any atom is -0.464 e. The third kappa shape index (κ3) is 2.70. The number of nitrogens with one attached hydrogen (secondary N) is 1. The molecule has 2 atom stereocenters. The van der Waals surface area contributed by atoms with Crippen LogP contribution < -0.4 is 0 Å². The Morgan fingerprint density at radius 2 is 2.11 bits per heavy atom. The highest BCUT2D eigenvalue weighted by Crippen LogP contribution is 2.56. The van der Waals surface area contributed by atoms with E-state index in [0.29, 0.717) is 13.0 Å². The molecular formula is C21H24N2O3S2. The predicted octanol–water partition coefficient (Wildman–Crippen LogP) is 3.74. The van der Waals surface area contributed by atoms with Gasteiger partial charge in [-0.3, -0.25) is 4.79 Å². The minimum atomic E-state index is -0.638. The Balaban J connectivity index is 1.53. The first kappa shape index (κ1) is 18.4. The number of carbonyl (C=O) groups is 2. The molecule has 2 saturated heterocycles. The highest BCUT2D eigenvalue weighted by atomic mass is 32.2. The smallest absolute Gasteiger partial charge is 0.332 e. The van der Waals surface area contributed by atoms with Crippen LogP contribution in [0.5, 0.6) is 0 Å². The van der Waals surface area contributed by atoms with E-state index in [1.807, 2.05) is 17.9 Å². The topological polar surface area (TPSA) is 62.4 Å². The van der Waals surface area contributed by atoms with Crippen molar-refractivity contribution in [3.8, 4) is 0 Å². The monoisotopic (exact) mass is 416 g/mol. The van der Waals surface area contributed by atoms with Crippen molar-refractivity contribution in [1.82, 2.24) is 9.88 Å². The van der Waals surface area contributed by atoms with Crippen molar-refractivity contribution < 1.29 is 14.3 Å². The molecule has 1 aromatic carbocycles. The van der Waals surface area contributed by atoms with Gasteiger partial charge in [-0.1, -0.05) is 18.2 Å². The van der Waals surface area contributed by atoms with E-state index >= 15 is 0 Å². The molecule has 28 heavy (non-hydrogen) atoms. The summed E-state index contributed by atoms with van der Waals surface area (Å²) in [5.41, 5.74) is 3.63. The minimum absolute atomic E-state index is 0.00448. The molecule has 7 heteroatoms. The zero-order chi connectivity index (χ0) is 19.3. The molecule has 0 saturated carbocycles. The zero-order valence-corrected chi connectivity index (χ0v) is 17.5. The largest absolute Gasteiger partial charge is 0.464 e. The van der Waals surface area contributed by atoms with Crippen LogP contribution in [-0.2, 0) is 20.7 Å². The van der Waals surface area contributed by atoms with Gasteiger partial charge in [0.2, 0.25) is 5.91 Å². The maximum Gasteiger partial charge on any atom is 0.332 e. The lowest BCUT2D eigenvalue weighted by molar-refractivity contribution is -0.147. The van der Waals surface area contributed by atoms with E-state index in [1.54, 1.807) is 23.5 Å². The number of fused-ring (bicyclic) bond motifs is 5. The number of esters is 1. The number of H-pyrrole nitrogens is 1. The number of aromatic nitrogens is 1. The first-order chi connectivity index (χ1) is 13.6. The third-order valence-electron chi connectivity index (χ3n) is 6.22. The quantitative estimate of drug-likeness (QED) is 0.773. The van der Waals surface area contributed by atoms with Crippen molar-refractivity contribution >= 4 is 46.3 Å². The maximum atomic E-state index is 13.1. The number of thioether (sulfide) groups is 2. The van der Waals surface area contributed by atoms with Crippen molar-refractivity contribution in [1.29, 1.82) is 0 Å². The van der Waals surface area contributed by atoms with Gasteiger partial charge in [0.1, 0.15) is 0 Å². The third-order valence-corrected chi connectivity index (χ3v) is 9.86. The molecule has 0 spiro atoms. The second-order valence-electron chi connectivity index (χ2n) is 7.64. The van der Waals surface area contributed by atoms with Gasteiger partial charge >= 0.3 is 5.97 Å². The second kappa shape index (κ2) is 7.02. The van der Waals surface area contributed by atoms with Crippen LogP contribution in [0.15, 0.2) is 24.3 Å². The standard InChI is InChI=1S/C21H24N2O3S2/c1-2-26-20(25)21(27-9-10-28-21)13-11-17-19-15(7-8-23(17)18(24)12-13)14-5-3-4-6-16(14)22-19/h3-6,13,17,22H,2,7-12H2,1H3/t13-,17+/m0/s1. The molecule has 148 valence electrons. The fraction of sp³-hybridized carbons (Fsp3) is 0.524. The lowest BCUT2D eigenvalue weighted by atomic mass is 9.82. The summed E-state index contributed by atoms with van der Waals surface area (Å²) in [4.78, 5) is 31.6. The molecule has 2 fully saturated rings. The van der Waals surface area contributed by atoms with Crippen LogP contribution >= 0.6 is 23.5 Å². The number of aromatic amines is 1. The fourth-order valence-electron chi connectivity index (χ4n) is 5.01. The maximum absolute atomic E-state index is 13.1. The summed E-state index contributed by atoms with van der Waals surface area (Å²) < 4.78 is 4.82. The number of carbonyl (C=O) groups excluding carboxylic acids is 2. The molecule has 3 aliphatic heterocycles. The Morgan fingerprint density at radius 3 is 2.89 bits per heavy atom. The number of para-hydroxylation sites is 1. The van der Waals surface area contributed by atoms with E-state index < -0.39 is 4.08 Å². The van der Waals surface area contributed by atoms with Gasteiger partial charge < -0.3 is 14.6 Å². The Morgan fingerprint density at radius 1 is 1.32 bits per heavy atom. The number of piperidine rings is 1. The summed E-state index contributed by atoms with van der Waals surface area (Å²) in [5, 5.41) is 1.26. The van der Waals surface area contributed by atoms with Crippen molar-refractivity contribution in [3.63, 3.8) is 0 Å². The number of benzene rings is 1. The first-order valence-corrected chi connectivity index (χ1v) is 11.9. The molecule has 1 amide bonds. The van der Waals surface area contributed by atoms with Gasteiger partial charge in [-0.25, -0.2) is 4.79 Å². The summed E-state index contributed by atoms with van der Waals surface area (Å²) in [7, 11) is 0. The summed E-state index contributed by atoms with van der Waals surface area (Å²) in [6.45, 7) is 2.99. The van der Waals surface area contributed by atoms with Gasteiger partial charge in [-0.15, -0.1) is 23.5 Å². The van der Waals surface area contributed by atoms with Crippen LogP contribution in [0.25, 0.3) is 10.9 Å². The van der Waals surface area contributed by atoms with Crippen LogP contribution in [0.2, 0.25) is 0 Å². The van der Waals surface area contributed by atoms with Gasteiger partial charge in [-0.2, -0.15) is 0 Å². The molecule has 0 unspecified atom stereocenters. The normalized spacial score (nSPS) is 26.2. The summed E-state index contributed by atoms with van der Waals surface area (Å²) in [6.07, 6.45) is 2.13. The lowest BCUT2D eigenvalue weighted by Crippen LogP contribution is -2.51. The van der Waals surface area contributed by atoms with Crippen molar-refractivity contribution in [3.05, 3.63) is 35.5 Å². The summed E-state index contributed by atoms with van der Waals surface area (Å²) in [6, 6.07) is 8.39. The Labute approximate surface area is 172 Å². The van der Waals surface area contributed by atoms with Crippen LogP contribution in [0, 0.1) is 5.92 Å².